The first kappa shape index (κ1) is 18.7. The third-order valence-electron chi connectivity index (χ3n) is 1.30. The molecule has 0 aliphatic carbocycles. The Balaban J connectivity index is 3.41. The van der Waals surface area contributed by atoms with Crippen LogP contribution in [0.25, 0.3) is 0 Å². The topological polar surface area (TPSA) is 36.9 Å². The SMILES string of the molecule is CB([O][Zn][O]CC(F)(F)F)[O][Zn][O]CC(F)(F)F. The first-order valence-corrected chi connectivity index (χ1v) is 9.47. The molecule has 0 rings (SSSR count). The Kier molecular flexibility index (Phi) is 9.17. The Morgan fingerprint density at radius 1 is 0.833 bits per heavy atom. The molecule has 0 radical (unpaired) electrons. The van der Waals surface area contributed by atoms with Gasteiger partial charge < -0.3 is 0 Å². The van der Waals surface area contributed by atoms with Gasteiger partial charge >= 0.3 is 116 Å². The summed E-state index contributed by atoms with van der Waals surface area (Å²) in [5.74, 6) is 0. The molecule has 0 atom stereocenters. The Hall–Kier alpha value is 0.732. The van der Waals surface area contributed by atoms with Gasteiger partial charge in [0.25, 0.3) is 0 Å². The first-order chi connectivity index (χ1) is 8.10. The van der Waals surface area contributed by atoms with Crippen LogP contribution in [-0.2, 0) is 49.8 Å². The number of halogens is 6. The van der Waals surface area contributed by atoms with Gasteiger partial charge in [-0.3, -0.25) is 0 Å². The van der Waals surface area contributed by atoms with Gasteiger partial charge in [-0.2, -0.15) is 0 Å². The molecule has 0 fully saturated rings. The van der Waals surface area contributed by atoms with E-state index in [1.165, 1.54) is 6.82 Å². The fraction of sp³-hybridized carbons (Fsp3) is 1.00. The molecular formula is C5H7BF6O4Zn2. The first-order valence-electron chi connectivity index (χ1n) is 4.62. The van der Waals surface area contributed by atoms with Crippen LogP contribution in [0.1, 0.15) is 0 Å². The standard InChI is InChI=1S/2C2H2F3O.CH3BO2.2Zn/c2*3-2(4,5)1-6;1-2(3)4;;/h2*1H2;1H3;;/q2*-1;-2;2*+2. The van der Waals surface area contributed by atoms with E-state index in [-0.39, 0.29) is 0 Å². The van der Waals surface area contributed by atoms with Crippen LogP contribution in [0.5, 0.6) is 0 Å². The Bertz CT molecular complexity index is 205. The predicted octanol–water partition coefficient (Wildman–Crippen LogP) is 2.12. The van der Waals surface area contributed by atoms with Crippen LogP contribution in [0.4, 0.5) is 26.3 Å². The number of hydrogen-bond acceptors (Lipinski definition) is 4. The van der Waals surface area contributed by atoms with Crippen molar-refractivity contribution in [2.45, 2.75) is 19.2 Å². The second kappa shape index (κ2) is 8.81. The zero-order valence-corrected chi connectivity index (χ0v) is 15.2. The van der Waals surface area contributed by atoms with Crippen LogP contribution in [0, 0.1) is 0 Å². The molecule has 0 aliphatic rings. The van der Waals surface area contributed by atoms with E-state index in [1.807, 2.05) is 0 Å². The molecular weight excluding hydrogens is 380 g/mol. The minimum atomic E-state index is -4.41. The van der Waals surface area contributed by atoms with Crippen LogP contribution in [0.15, 0.2) is 0 Å². The summed E-state index contributed by atoms with van der Waals surface area (Å²) in [6.45, 7) is -1.40. The molecule has 0 heterocycles. The molecule has 100 valence electrons. The Morgan fingerprint density at radius 3 is 1.44 bits per heavy atom. The van der Waals surface area contributed by atoms with Crippen LogP contribution < -0.4 is 0 Å². The van der Waals surface area contributed by atoms with Crippen molar-refractivity contribution < 1.29 is 76.1 Å². The molecule has 13 heteroatoms. The molecule has 0 unspecified atom stereocenters. The van der Waals surface area contributed by atoms with Gasteiger partial charge in [0.1, 0.15) is 0 Å². The second-order valence-corrected chi connectivity index (χ2v) is 7.16. The quantitative estimate of drug-likeness (QED) is 0.364. The zero-order valence-electron chi connectivity index (χ0n) is 9.31. The fourth-order valence-electron chi connectivity index (χ4n) is 0.651. The second-order valence-electron chi connectivity index (χ2n) is 3.06. The van der Waals surface area contributed by atoms with Crippen molar-refractivity contribution in [1.29, 1.82) is 0 Å². The van der Waals surface area contributed by atoms with E-state index >= 15 is 0 Å². The van der Waals surface area contributed by atoms with Gasteiger partial charge in [0.05, 0.1) is 0 Å². The van der Waals surface area contributed by atoms with Crippen LogP contribution in [0.2, 0.25) is 6.82 Å². The summed E-state index contributed by atoms with van der Waals surface area (Å²) >= 11 is -4.58. The van der Waals surface area contributed by atoms with Gasteiger partial charge in [-0.1, -0.05) is 0 Å². The number of hydrogen-bond donors (Lipinski definition) is 0. The van der Waals surface area contributed by atoms with E-state index in [2.05, 4.69) is 7.13 Å². The molecule has 4 nitrogen and oxygen atoms in total. The summed E-state index contributed by atoms with van der Waals surface area (Å²) in [4.78, 5) is 0. The molecule has 0 aromatic rings. The van der Waals surface area contributed by atoms with Crippen molar-refractivity contribution in [3.8, 4) is 0 Å². The molecule has 0 amide bonds. The summed E-state index contributed by atoms with van der Waals surface area (Å²) in [5.41, 5.74) is 0. The zero-order chi connectivity index (χ0) is 14.2. The van der Waals surface area contributed by atoms with E-state index in [9.17, 15) is 26.3 Å². The van der Waals surface area contributed by atoms with E-state index in [4.69, 9.17) is 6.96 Å². The van der Waals surface area contributed by atoms with Crippen molar-refractivity contribution in [3.63, 3.8) is 0 Å². The maximum atomic E-state index is 11.6. The van der Waals surface area contributed by atoms with Crippen LogP contribution >= 0.6 is 0 Å². The summed E-state index contributed by atoms with van der Waals surface area (Å²) in [7, 11) is -0.883. The van der Waals surface area contributed by atoms with Gasteiger partial charge in [-0.25, -0.2) is 0 Å². The number of rotatable bonds is 8. The fourth-order valence-corrected chi connectivity index (χ4v) is 4.43. The molecule has 0 N–H and O–H groups in total. The summed E-state index contributed by atoms with van der Waals surface area (Å²) in [6, 6.07) is 0. The summed E-state index contributed by atoms with van der Waals surface area (Å²) in [6.07, 6.45) is -8.82. The average molecular weight is 387 g/mol. The van der Waals surface area contributed by atoms with Gasteiger partial charge in [0.15, 0.2) is 0 Å². The molecule has 0 saturated heterocycles. The molecule has 0 bridgehead atoms. The third-order valence-corrected chi connectivity index (χ3v) is 5.40. The molecule has 0 aromatic carbocycles. The molecule has 0 aromatic heterocycles. The predicted molar refractivity (Wildman–Crippen MR) is 37.8 cm³/mol. The number of alkyl halides is 6. The van der Waals surface area contributed by atoms with E-state index in [0.717, 1.165) is 0 Å². The van der Waals surface area contributed by atoms with Gasteiger partial charge in [0, 0.05) is 0 Å². The molecule has 0 aliphatic heterocycles. The van der Waals surface area contributed by atoms with Crippen molar-refractivity contribution >= 4 is 7.12 Å². The Labute approximate surface area is 116 Å². The van der Waals surface area contributed by atoms with Gasteiger partial charge in [-0.15, -0.1) is 0 Å². The van der Waals surface area contributed by atoms with Gasteiger partial charge in [-0.05, 0) is 0 Å². The van der Waals surface area contributed by atoms with Crippen molar-refractivity contribution in [2.75, 3.05) is 13.2 Å². The van der Waals surface area contributed by atoms with E-state index in [0.29, 0.717) is 0 Å². The van der Waals surface area contributed by atoms with E-state index in [1.54, 1.807) is 0 Å². The minimum absolute atomic E-state index is 0.883. The average Bonchev–Trinajstić information content (AvgIpc) is 2.17. The summed E-state index contributed by atoms with van der Waals surface area (Å²) in [5, 5.41) is 0. The van der Waals surface area contributed by atoms with Crippen molar-refractivity contribution in [1.82, 2.24) is 0 Å². The van der Waals surface area contributed by atoms with Crippen LogP contribution in [0.3, 0.4) is 0 Å². The van der Waals surface area contributed by atoms with Crippen molar-refractivity contribution in [3.05, 3.63) is 0 Å². The summed E-state index contributed by atoms with van der Waals surface area (Å²) < 4.78 is 88.0. The normalized spacial score (nSPS) is 11.9. The van der Waals surface area contributed by atoms with Gasteiger partial charge in [0.2, 0.25) is 0 Å². The van der Waals surface area contributed by atoms with Crippen LogP contribution in [-0.4, -0.2) is 32.7 Å². The maximum absolute atomic E-state index is 11.6. The van der Waals surface area contributed by atoms with E-state index < -0.39 is 68.4 Å². The van der Waals surface area contributed by atoms with Crippen molar-refractivity contribution in [2.24, 2.45) is 0 Å². The molecule has 0 spiro atoms. The Morgan fingerprint density at radius 2 is 1.17 bits per heavy atom. The molecule has 0 saturated carbocycles. The monoisotopic (exact) mass is 384 g/mol. The molecule has 18 heavy (non-hydrogen) atoms. The third kappa shape index (κ3) is 14.8.